The second kappa shape index (κ2) is 9.75. The monoisotopic (exact) mass is 212 g/mol. The molecule has 0 fully saturated rings. The van der Waals surface area contributed by atoms with Crippen LogP contribution in [0.25, 0.3) is 0 Å². The fourth-order valence-electron chi connectivity index (χ4n) is 1.53. The Morgan fingerprint density at radius 2 is 1.73 bits per heavy atom. The molecule has 0 saturated carbocycles. The lowest BCUT2D eigenvalue weighted by atomic mass is 10.0. The first kappa shape index (κ1) is 14.2. The number of carboxylic acids is 1. The summed E-state index contributed by atoms with van der Waals surface area (Å²) in [6, 6.07) is 0. The third kappa shape index (κ3) is 13.2. The molecular formula is C13H24O2. The summed E-state index contributed by atoms with van der Waals surface area (Å²) in [5.41, 5.74) is 0. The minimum atomic E-state index is -0.841. The van der Waals surface area contributed by atoms with E-state index in [9.17, 15) is 4.79 Å². The van der Waals surface area contributed by atoms with Crippen molar-refractivity contribution in [3.05, 3.63) is 12.2 Å². The minimum Gasteiger partial charge on any atom is -0.478 e. The van der Waals surface area contributed by atoms with Crippen molar-refractivity contribution in [1.29, 1.82) is 0 Å². The highest BCUT2D eigenvalue weighted by Gasteiger charge is 1.94. The van der Waals surface area contributed by atoms with Gasteiger partial charge in [-0.1, -0.05) is 52.0 Å². The van der Waals surface area contributed by atoms with Gasteiger partial charge in [0, 0.05) is 6.08 Å². The molecule has 0 amide bonds. The van der Waals surface area contributed by atoms with E-state index in [-0.39, 0.29) is 0 Å². The van der Waals surface area contributed by atoms with Gasteiger partial charge in [-0.15, -0.1) is 0 Å². The molecule has 15 heavy (non-hydrogen) atoms. The Labute approximate surface area is 93.4 Å². The van der Waals surface area contributed by atoms with Gasteiger partial charge in [-0.3, -0.25) is 0 Å². The molecule has 0 heterocycles. The lowest BCUT2D eigenvalue weighted by molar-refractivity contribution is -0.131. The van der Waals surface area contributed by atoms with Crippen molar-refractivity contribution >= 4 is 5.97 Å². The van der Waals surface area contributed by atoms with E-state index in [0.29, 0.717) is 0 Å². The maximum absolute atomic E-state index is 10.2. The molecule has 0 radical (unpaired) electrons. The molecule has 0 atom stereocenters. The van der Waals surface area contributed by atoms with Crippen LogP contribution in [0.1, 0.15) is 58.8 Å². The van der Waals surface area contributed by atoms with Gasteiger partial charge >= 0.3 is 5.97 Å². The van der Waals surface area contributed by atoms with Crippen molar-refractivity contribution in [2.45, 2.75) is 58.8 Å². The molecule has 2 heteroatoms. The SMILES string of the molecule is CC(C)CCCCCCC/C=C\C(=O)O. The number of allylic oxidation sites excluding steroid dienone is 1. The summed E-state index contributed by atoms with van der Waals surface area (Å²) >= 11 is 0. The Bertz CT molecular complexity index is 183. The second-order valence-electron chi connectivity index (χ2n) is 4.48. The molecule has 0 spiro atoms. The van der Waals surface area contributed by atoms with Gasteiger partial charge in [0.05, 0.1) is 0 Å². The first-order chi connectivity index (χ1) is 7.13. The van der Waals surface area contributed by atoms with Crippen LogP contribution in [0.15, 0.2) is 12.2 Å². The van der Waals surface area contributed by atoms with Crippen molar-refractivity contribution in [2.24, 2.45) is 5.92 Å². The molecule has 0 aliphatic rings. The molecule has 0 aromatic rings. The highest BCUT2D eigenvalue weighted by atomic mass is 16.4. The molecule has 0 rings (SSSR count). The first-order valence-electron chi connectivity index (χ1n) is 6.02. The number of rotatable bonds is 9. The molecule has 0 aliphatic carbocycles. The number of unbranched alkanes of at least 4 members (excludes halogenated alkanes) is 5. The first-order valence-corrected chi connectivity index (χ1v) is 6.02. The van der Waals surface area contributed by atoms with Gasteiger partial charge in [0.25, 0.3) is 0 Å². The zero-order chi connectivity index (χ0) is 11.5. The molecule has 1 N–H and O–H groups in total. The summed E-state index contributed by atoms with van der Waals surface area (Å²) in [6.07, 6.45) is 11.5. The molecule has 0 bridgehead atoms. The maximum atomic E-state index is 10.2. The van der Waals surface area contributed by atoms with Gasteiger partial charge < -0.3 is 5.11 Å². The van der Waals surface area contributed by atoms with E-state index in [1.165, 1.54) is 38.2 Å². The molecule has 0 unspecified atom stereocenters. The fourth-order valence-corrected chi connectivity index (χ4v) is 1.53. The normalized spacial score (nSPS) is 11.4. The standard InChI is InChI=1S/C13H24O2/c1-12(2)10-8-6-4-3-5-7-9-11-13(14)15/h9,11-12H,3-8,10H2,1-2H3,(H,14,15)/b11-9-. The number of aliphatic carboxylic acids is 1. The summed E-state index contributed by atoms with van der Waals surface area (Å²) in [5.74, 6) is -0.0181. The van der Waals surface area contributed by atoms with Crippen molar-refractivity contribution in [3.8, 4) is 0 Å². The topological polar surface area (TPSA) is 37.3 Å². The average Bonchev–Trinajstić information content (AvgIpc) is 2.14. The summed E-state index contributed by atoms with van der Waals surface area (Å²) in [5, 5.41) is 8.35. The smallest absolute Gasteiger partial charge is 0.327 e. The Morgan fingerprint density at radius 3 is 2.33 bits per heavy atom. The van der Waals surface area contributed by atoms with E-state index in [2.05, 4.69) is 13.8 Å². The van der Waals surface area contributed by atoms with Gasteiger partial charge in [0.15, 0.2) is 0 Å². The fraction of sp³-hybridized carbons (Fsp3) is 0.769. The molecule has 88 valence electrons. The van der Waals surface area contributed by atoms with E-state index >= 15 is 0 Å². The van der Waals surface area contributed by atoms with E-state index in [1.54, 1.807) is 6.08 Å². The van der Waals surface area contributed by atoms with Crippen LogP contribution in [0.2, 0.25) is 0 Å². The van der Waals surface area contributed by atoms with Gasteiger partial charge in [-0.2, -0.15) is 0 Å². The van der Waals surface area contributed by atoms with Crippen LogP contribution < -0.4 is 0 Å². The highest BCUT2D eigenvalue weighted by molar-refractivity contribution is 5.79. The van der Waals surface area contributed by atoms with Crippen LogP contribution in [0.3, 0.4) is 0 Å². The summed E-state index contributed by atoms with van der Waals surface area (Å²) in [6.45, 7) is 4.52. The quantitative estimate of drug-likeness (QED) is 0.463. The zero-order valence-electron chi connectivity index (χ0n) is 10.0. The van der Waals surface area contributed by atoms with Gasteiger partial charge in [-0.25, -0.2) is 4.79 Å². The van der Waals surface area contributed by atoms with E-state index in [1.807, 2.05) is 0 Å². The van der Waals surface area contributed by atoms with E-state index < -0.39 is 5.97 Å². The van der Waals surface area contributed by atoms with Crippen LogP contribution >= 0.6 is 0 Å². The van der Waals surface area contributed by atoms with Crippen molar-refractivity contribution in [2.75, 3.05) is 0 Å². The largest absolute Gasteiger partial charge is 0.478 e. The Kier molecular flexibility index (Phi) is 9.24. The summed E-state index contributed by atoms with van der Waals surface area (Å²) in [4.78, 5) is 10.2. The van der Waals surface area contributed by atoms with Crippen LogP contribution in [0.4, 0.5) is 0 Å². The molecule has 0 aliphatic heterocycles. The number of hydrogen-bond acceptors (Lipinski definition) is 1. The minimum absolute atomic E-state index is 0.823. The van der Waals surface area contributed by atoms with Crippen molar-refractivity contribution in [1.82, 2.24) is 0 Å². The lowest BCUT2D eigenvalue weighted by Gasteiger charge is -2.03. The van der Waals surface area contributed by atoms with Crippen LogP contribution in [0, 0.1) is 5.92 Å². The number of hydrogen-bond donors (Lipinski definition) is 1. The zero-order valence-corrected chi connectivity index (χ0v) is 10.0. The Hall–Kier alpha value is -0.790. The predicted octanol–water partition coefficient (Wildman–Crippen LogP) is 4.01. The molecule has 0 saturated heterocycles. The molecule has 0 aromatic heterocycles. The van der Waals surface area contributed by atoms with E-state index in [4.69, 9.17) is 5.11 Å². The van der Waals surface area contributed by atoms with Gasteiger partial charge in [-0.05, 0) is 18.8 Å². The summed E-state index contributed by atoms with van der Waals surface area (Å²) < 4.78 is 0. The van der Waals surface area contributed by atoms with Crippen molar-refractivity contribution in [3.63, 3.8) is 0 Å². The maximum Gasteiger partial charge on any atom is 0.327 e. The van der Waals surface area contributed by atoms with Crippen LogP contribution in [0.5, 0.6) is 0 Å². The number of carbonyl (C=O) groups is 1. The number of carboxylic acid groups (broad SMARTS) is 1. The average molecular weight is 212 g/mol. The second-order valence-corrected chi connectivity index (χ2v) is 4.48. The van der Waals surface area contributed by atoms with Crippen LogP contribution in [-0.4, -0.2) is 11.1 Å². The third-order valence-electron chi connectivity index (χ3n) is 2.41. The molecule has 2 nitrogen and oxygen atoms in total. The summed E-state index contributed by atoms with van der Waals surface area (Å²) in [7, 11) is 0. The van der Waals surface area contributed by atoms with Crippen LogP contribution in [-0.2, 0) is 4.79 Å². The molecular weight excluding hydrogens is 188 g/mol. The van der Waals surface area contributed by atoms with Crippen molar-refractivity contribution < 1.29 is 9.90 Å². The lowest BCUT2D eigenvalue weighted by Crippen LogP contribution is -1.87. The Balaban J connectivity index is 3.08. The highest BCUT2D eigenvalue weighted by Crippen LogP contribution is 2.11. The Morgan fingerprint density at radius 1 is 1.13 bits per heavy atom. The van der Waals surface area contributed by atoms with Gasteiger partial charge in [0.2, 0.25) is 0 Å². The molecule has 0 aromatic carbocycles. The third-order valence-corrected chi connectivity index (χ3v) is 2.41. The predicted molar refractivity (Wildman–Crippen MR) is 63.9 cm³/mol. The van der Waals surface area contributed by atoms with E-state index in [0.717, 1.165) is 18.8 Å². The van der Waals surface area contributed by atoms with Gasteiger partial charge in [0.1, 0.15) is 0 Å².